The fourth-order valence-corrected chi connectivity index (χ4v) is 2.44. The highest BCUT2D eigenvalue weighted by atomic mass is 79.9. The van der Waals surface area contributed by atoms with Gasteiger partial charge in [0.05, 0.1) is 12.1 Å². The van der Waals surface area contributed by atoms with Crippen molar-refractivity contribution in [2.75, 3.05) is 32.7 Å². The van der Waals surface area contributed by atoms with E-state index in [-0.39, 0.29) is 12.5 Å². The Morgan fingerprint density at radius 1 is 1.32 bits per heavy atom. The molecule has 2 heterocycles. The average Bonchev–Trinajstić information content (AvgIpc) is 2.39. The van der Waals surface area contributed by atoms with Crippen LogP contribution in [0, 0.1) is 0 Å². The number of carbonyl (C=O) groups excluding carboxylic acids is 1. The first-order valence-corrected chi connectivity index (χ1v) is 6.71. The molecule has 1 aliphatic rings. The summed E-state index contributed by atoms with van der Waals surface area (Å²) in [6.07, 6.45) is 1.62. The van der Waals surface area contributed by atoms with E-state index in [9.17, 15) is 9.59 Å². The van der Waals surface area contributed by atoms with Crippen LogP contribution in [0.15, 0.2) is 22.9 Å². The van der Waals surface area contributed by atoms with Crippen molar-refractivity contribution in [3.8, 4) is 0 Å². The molecule has 1 saturated heterocycles. The van der Waals surface area contributed by atoms with Gasteiger partial charge < -0.3 is 10.0 Å². The molecule has 0 bridgehead atoms. The lowest BCUT2D eigenvalue weighted by atomic mass is 10.2. The highest BCUT2D eigenvalue weighted by Crippen LogP contribution is 2.16. The molecule has 7 heteroatoms. The minimum Gasteiger partial charge on any atom is -0.480 e. The van der Waals surface area contributed by atoms with Gasteiger partial charge in [-0.1, -0.05) is 0 Å². The predicted octanol–water partition coefficient (Wildman–Crippen LogP) is 0.687. The molecular formula is C12H14BrN3O3. The Morgan fingerprint density at radius 3 is 2.58 bits per heavy atom. The van der Waals surface area contributed by atoms with E-state index >= 15 is 0 Å². The molecule has 19 heavy (non-hydrogen) atoms. The van der Waals surface area contributed by atoms with Crippen molar-refractivity contribution in [1.29, 1.82) is 0 Å². The molecule has 6 nitrogen and oxygen atoms in total. The zero-order chi connectivity index (χ0) is 13.8. The molecule has 0 saturated carbocycles. The van der Waals surface area contributed by atoms with Gasteiger partial charge >= 0.3 is 5.97 Å². The Bertz CT molecular complexity index is 487. The number of piperazine rings is 1. The summed E-state index contributed by atoms with van der Waals surface area (Å²) in [6, 6.07) is 3.45. The molecule has 0 unspecified atom stereocenters. The number of rotatable bonds is 3. The first-order chi connectivity index (χ1) is 9.08. The van der Waals surface area contributed by atoms with Gasteiger partial charge in [-0.15, -0.1) is 0 Å². The molecule has 0 radical (unpaired) electrons. The topological polar surface area (TPSA) is 73.7 Å². The SMILES string of the molecule is O=C(O)CN1CCN(C(=O)c2cccnc2Br)CC1. The zero-order valence-electron chi connectivity index (χ0n) is 10.3. The third-order valence-corrected chi connectivity index (χ3v) is 3.64. The standard InChI is InChI=1S/C12H14BrN3O3/c13-11-9(2-1-3-14-11)12(19)16-6-4-15(5-7-16)8-10(17)18/h1-3H,4-8H2,(H,17,18). The Hall–Kier alpha value is -1.47. The van der Waals surface area contributed by atoms with Crippen LogP contribution in [0.5, 0.6) is 0 Å². The van der Waals surface area contributed by atoms with Gasteiger partial charge in [0.2, 0.25) is 0 Å². The highest BCUT2D eigenvalue weighted by molar-refractivity contribution is 9.10. The van der Waals surface area contributed by atoms with E-state index in [1.54, 1.807) is 23.2 Å². The summed E-state index contributed by atoms with van der Waals surface area (Å²) in [4.78, 5) is 30.5. The Labute approximate surface area is 119 Å². The number of aromatic nitrogens is 1. The molecule has 1 amide bonds. The van der Waals surface area contributed by atoms with Gasteiger partial charge in [0, 0.05) is 32.4 Å². The van der Waals surface area contributed by atoms with E-state index in [4.69, 9.17) is 5.11 Å². The molecule has 1 aromatic heterocycles. The number of carboxylic acid groups (broad SMARTS) is 1. The number of carboxylic acids is 1. The lowest BCUT2D eigenvalue weighted by Gasteiger charge is -2.33. The van der Waals surface area contributed by atoms with Gasteiger partial charge in [-0.2, -0.15) is 0 Å². The van der Waals surface area contributed by atoms with Crippen LogP contribution in [0.1, 0.15) is 10.4 Å². The quantitative estimate of drug-likeness (QED) is 0.827. The fraction of sp³-hybridized carbons (Fsp3) is 0.417. The summed E-state index contributed by atoms with van der Waals surface area (Å²) in [5, 5.41) is 8.72. The number of amides is 1. The molecular weight excluding hydrogens is 314 g/mol. The van der Waals surface area contributed by atoms with Gasteiger partial charge in [0.15, 0.2) is 0 Å². The maximum absolute atomic E-state index is 12.3. The van der Waals surface area contributed by atoms with Gasteiger partial charge in [-0.3, -0.25) is 14.5 Å². The van der Waals surface area contributed by atoms with Crippen LogP contribution in [0.2, 0.25) is 0 Å². The maximum Gasteiger partial charge on any atom is 0.317 e. The molecule has 102 valence electrons. The Kier molecular flexibility index (Phi) is 4.49. The third kappa shape index (κ3) is 3.51. The minimum atomic E-state index is -0.838. The molecule has 0 aliphatic carbocycles. The summed E-state index contributed by atoms with van der Waals surface area (Å²) >= 11 is 3.26. The zero-order valence-corrected chi connectivity index (χ0v) is 11.8. The molecule has 1 aromatic rings. The summed E-state index contributed by atoms with van der Waals surface area (Å²) in [7, 11) is 0. The number of aliphatic carboxylic acids is 1. The molecule has 2 rings (SSSR count). The largest absolute Gasteiger partial charge is 0.480 e. The van der Waals surface area contributed by atoms with Crippen LogP contribution in [0.3, 0.4) is 0 Å². The summed E-state index contributed by atoms with van der Waals surface area (Å²) in [5.41, 5.74) is 0.536. The monoisotopic (exact) mass is 327 g/mol. The van der Waals surface area contributed by atoms with Crippen molar-refractivity contribution in [2.45, 2.75) is 0 Å². The van der Waals surface area contributed by atoms with Gasteiger partial charge in [0.1, 0.15) is 4.60 Å². The van der Waals surface area contributed by atoms with E-state index in [2.05, 4.69) is 20.9 Å². The van der Waals surface area contributed by atoms with Gasteiger partial charge in [0.25, 0.3) is 5.91 Å². The van der Waals surface area contributed by atoms with Crippen molar-refractivity contribution in [3.05, 3.63) is 28.5 Å². The smallest absolute Gasteiger partial charge is 0.317 e. The number of nitrogens with zero attached hydrogens (tertiary/aromatic N) is 3. The van der Waals surface area contributed by atoms with Crippen LogP contribution < -0.4 is 0 Å². The van der Waals surface area contributed by atoms with Crippen molar-refractivity contribution in [2.24, 2.45) is 0 Å². The Balaban J connectivity index is 1.96. The number of hydrogen-bond donors (Lipinski definition) is 1. The van der Waals surface area contributed by atoms with Crippen molar-refractivity contribution in [1.82, 2.24) is 14.8 Å². The molecule has 1 aliphatic heterocycles. The van der Waals surface area contributed by atoms with Gasteiger partial charge in [-0.25, -0.2) is 4.98 Å². The molecule has 0 aromatic carbocycles. The third-order valence-electron chi connectivity index (χ3n) is 3.01. The summed E-state index contributed by atoms with van der Waals surface area (Å²) in [6.45, 7) is 2.26. The second-order valence-corrected chi connectivity index (χ2v) is 5.05. The minimum absolute atomic E-state index is 0.0264. The highest BCUT2D eigenvalue weighted by Gasteiger charge is 2.24. The van der Waals surface area contributed by atoms with Crippen LogP contribution >= 0.6 is 15.9 Å². The molecule has 0 spiro atoms. The Morgan fingerprint density at radius 2 is 2.00 bits per heavy atom. The maximum atomic E-state index is 12.3. The lowest BCUT2D eigenvalue weighted by Crippen LogP contribution is -2.50. The second kappa shape index (κ2) is 6.12. The average molecular weight is 328 g/mol. The van der Waals surface area contributed by atoms with E-state index in [1.807, 2.05) is 4.90 Å². The van der Waals surface area contributed by atoms with Crippen LogP contribution in [-0.4, -0.2) is 64.5 Å². The number of pyridine rings is 1. The predicted molar refractivity (Wildman–Crippen MR) is 71.9 cm³/mol. The van der Waals surface area contributed by atoms with Crippen LogP contribution in [-0.2, 0) is 4.79 Å². The van der Waals surface area contributed by atoms with E-state index in [0.717, 1.165) is 0 Å². The molecule has 1 N–H and O–H groups in total. The van der Waals surface area contributed by atoms with E-state index in [0.29, 0.717) is 36.3 Å². The normalized spacial score (nSPS) is 16.4. The van der Waals surface area contributed by atoms with Crippen LogP contribution in [0.25, 0.3) is 0 Å². The first-order valence-electron chi connectivity index (χ1n) is 5.92. The van der Waals surface area contributed by atoms with E-state index < -0.39 is 5.97 Å². The van der Waals surface area contributed by atoms with E-state index in [1.165, 1.54) is 0 Å². The first kappa shape index (κ1) is 14.0. The van der Waals surface area contributed by atoms with Crippen molar-refractivity contribution < 1.29 is 14.7 Å². The number of hydrogen-bond acceptors (Lipinski definition) is 4. The molecule has 0 atom stereocenters. The summed E-state index contributed by atoms with van der Waals surface area (Å²) in [5.74, 6) is -0.912. The number of carbonyl (C=O) groups is 2. The van der Waals surface area contributed by atoms with Crippen molar-refractivity contribution >= 4 is 27.8 Å². The van der Waals surface area contributed by atoms with Crippen LogP contribution in [0.4, 0.5) is 0 Å². The lowest BCUT2D eigenvalue weighted by molar-refractivity contribution is -0.138. The molecule has 1 fully saturated rings. The second-order valence-electron chi connectivity index (χ2n) is 4.30. The fourth-order valence-electron chi connectivity index (χ4n) is 2.02. The van der Waals surface area contributed by atoms with Gasteiger partial charge in [-0.05, 0) is 28.1 Å². The number of halogens is 1. The summed E-state index contributed by atoms with van der Waals surface area (Å²) < 4.78 is 0.535. The van der Waals surface area contributed by atoms with Crippen molar-refractivity contribution in [3.63, 3.8) is 0 Å².